The third-order valence-corrected chi connectivity index (χ3v) is 3.53. The number of fused-ring (bicyclic) bond motifs is 1. The highest BCUT2D eigenvalue weighted by Crippen LogP contribution is 2.22. The Morgan fingerprint density at radius 1 is 1.19 bits per heavy atom. The Balaban J connectivity index is 2.04. The van der Waals surface area contributed by atoms with Gasteiger partial charge in [-0.05, 0) is 12.1 Å². The largest absolute Gasteiger partial charge is 0.336 e. The molecule has 0 saturated carbocycles. The van der Waals surface area contributed by atoms with E-state index < -0.39 is 11.6 Å². The second-order valence-electron chi connectivity index (χ2n) is 4.65. The van der Waals surface area contributed by atoms with Crippen molar-refractivity contribution in [3.05, 3.63) is 48.3 Å². The number of imidazole rings is 2. The summed E-state index contributed by atoms with van der Waals surface area (Å²) in [4.78, 5) is 8.31. The molecule has 0 saturated heterocycles. The summed E-state index contributed by atoms with van der Waals surface area (Å²) in [6.07, 6.45) is 5.67. The molecule has 1 aromatic carbocycles. The Morgan fingerprint density at radius 2 is 2.05 bits per heavy atom. The number of alkyl halides is 1. The predicted octanol–water partition coefficient (Wildman–Crippen LogP) is 2.99. The molecule has 0 radical (unpaired) electrons. The topological polar surface area (TPSA) is 35.6 Å². The van der Waals surface area contributed by atoms with E-state index in [0.29, 0.717) is 36.7 Å². The number of benzene rings is 1. The van der Waals surface area contributed by atoms with Crippen molar-refractivity contribution in [1.29, 1.82) is 0 Å². The fourth-order valence-electron chi connectivity index (χ4n) is 2.36. The zero-order valence-corrected chi connectivity index (χ0v) is 11.9. The van der Waals surface area contributed by atoms with Crippen molar-refractivity contribution in [1.82, 2.24) is 19.1 Å². The Labute approximate surface area is 125 Å². The van der Waals surface area contributed by atoms with E-state index in [-0.39, 0.29) is 5.52 Å². The van der Waals surface area contributed by atoms with Crippen LogP contribution in [0.2, 0.25) is 0 Å². The molecule has 110 valence electrons. The van der Waals surface area contributed by atoms with Crippen LogP contribution >= 0.6 is 11.6 Å². The molecule has 0 spiro atoms. The summed E-state index contributed by atoms with van der Waals surface area (Å²) in [5.74, 6) is -0.710. The van der Waals surface area contributed by atoms with Gasteiger partial charge in [0.25, 0.3) is 0 Å². The smallest absolute Gasteiger partial charge is 0.184 e. The Morgan fingerprint density at radius 3 is 2.76 bits per heavy atom. The minimum atomic E-state index is -0.872. The average Bonchev–Trinajstić information content (AvgIpc) is 3.09. The lowest BCUT2D eigenvalue weighted by molar-refractivity contribution is 0.505. The number of aryl methyl sites for hydroxylation is 3. The fraction of sp³-hybridized carbons (Fsp3) is 0.286. The van der Waals surface area contributed by atoms with Gasteiger partial charge >= 0.3 is 0 Å². The van der Waals surface area contributed by atoms with Crippen LogP contribution in [0.15, 0.2) is 30.9 Å². The molecular weight excluding hydrogens is 298 g/mol. The third-order valence-electron chi connectivity index (χ3n) is 3.34. The van der Waals surface area contributed by atoms with Gasteiger partial charge in [-0.15, -0.1) is 11.6 Å². The minimum Gasteiger partial charge on any atom is -0.336 e. The molecule has 3 aromatic rings. The SMILES string of the molecule is Fc1ccc2nc(CCCl)n(CCn3ccnc3)c2c1F. The van der Waals surface area contributed by atoms with Crippen LogP contribution in [0.3, 0.4) is 0 Å². The van der Waals surface area contributed by atoms with Crippen molar-refractivity contribution in [3.63, 3.8) is 0 Å². The molecule has 0 amide bonds. The van der Waals surface area contributed by atoms with E-state index in [4.69, 9.17) is 11.6 Å². The van der Waals surface area contributed by atoms with Crippen LogP contribution in [0.25, 0.3) is 11.0 Å². The molecule has 0 fully saturated rings. The van der Waals surface area contributed by atoms with E-state index in [2.05, 4.69) is 9.97 Å². The van der Waals surface area contributed by atoms with Gasteiger partial charge in [0, 0.05) is 37.8 Å². The molecule has 2 heterocycles. The maximum Gasteiger partial charge on any atom is 0.184 e. The number of halogens is 3. The summed E-state index contributed by atoms with van der Waals surface area (Å²) in [6.45, 7) is 1.07. The fourth-order valence-corrected chi connectivity index (χ4v) is 2.52. The van der Waals surface area contributed by atoms with E-state index in [1.54, 1.807) is 17.1 Å². The predicted molar refractivity (Wildman–Crippen MR) is 76.3 cm³/mol. The van der Waals surface area contributed by atoms with Crippen molar-refractivity contribution in [2.75, 3.05) is 5.88 Å². The summed E-state index contributed by atoms with van der Waals surface area (Å²) < 4.78 is 31.1. The normalized spacial score (nSPS) is 11.4. The first kappa shape index (κ1) is 14.0. The van der Waals surface area contributed by atoms with Gasteiger partial charge < -0.3 is 9.13 Å². The van der Waals surface area contributed by atoms with E-state index in [1.807, 2.05) is 10.8 Å². The molecule has 0 aliphatic rings. The average molecular weight is 311 g/mol. The van der Waals surface area contributed by atoms with Gasteiger partial charge in [0.2, 0.25) is 0 Å². The lowest BCUT2D eigenvalue weighted by Gasteiger charge is -2.09. The monoisotopic (exact) mass is 310 g/mol. The third kappa shape index (κ3) is 2.63. The van der Waals surface area contributed by atoms with Gasteiger partial charge in [-0.25, -0.2) is 18.7 Å². The zero-order chi connectivity index (χ0) is 14.8. The van der Waals surface area contributed by atoms with Crippen LogP contribution in [-0.4, -0.2) is 25.0 Å². The maximum absolute atomic E-state index is 14.1. The molecule has 0 aliphatic carbocycles. The van der Waals surface area contributed by atoms with Crippen LogP contribution in [0.1, 0.15) is 5.82 Å². The molecule has 0 N–H and O–H groups in total. The molecule has 7 heteroatoms. The lowest BCUT2D eigenvalue weighted by Crippen LogP contribution is -2.11. The summed E-state index contributed by atoms with van der Waals surface area (Å²) in [7, 11) is 0. The van der Waals surface area contributed by atoms with Gasteiger partial charge in [-0.2, -0.15) is 0 Å². The van der Waals surface area contributed by atoms with Gasteiger partial charge in [0.15, 0.2) is 11.6 Å². The number of nitrogens with zero attached hydrogens (tertiary/aromatic N) is 4. The van der Waals surface area contributed by atoms with Gasteiger partial charge in [-0.1, -0.05) is 0 Å². The summed E-state index contributed by atoms with van der Waals surface area (Å²) in [5.41, 5.74) is 0.634. The number of hydrogen-bond acceptors (Lipinski definition) is 2. The molecule has 4 nitrogen and oxygen atoms in total. The first-order chi connectivity index (χ1) is 10.2. The molecule has 0 bridgehead atoms. The van der Waals surface area contributed by atoms with Crippen molar-refractivity contribution in [2.45, 2.75) is 19.5 Å². The van der Waals surface area contributed by atoms with Gasteiger partial charge in [0.05, 0.1) is 11.8 Å². The van der Waals surface area contributed by atoms with Crippen LogP contribution in [0, 0.1) is 11.6 Å². The van der Waals surface area contributed by atoms with Crippen molar-refractivity contribution in [2.24, 2.45) is 0 Å². The second-order valence-corrected chi connectivity index (χ2v) is 5.03. The molecule has 3 rings (SSSR count). The molecule has 2 aromatic heterocycles. The highest BCUT2D eigenvalue weighted by atomic mass is 35.5. The van der Waals surface area contributed by atoms with E-state index >= 15 is 0 Å². The molecule has 0 atom stereocenters. The first-order valence-electron chi connectivity index (χ1n) is 6.55. The highest BCUT2D eigenvalue weighted by Gasteiger charge is 2.17. The molecular formula is C14H13ClF2N4. The van der Waals surface area contributed by atoms with Crippen LogP contribution in [0.4, 0.5) is 8.78 Å². The van der Waals surface area contributed by atoms with Crippen LogP contribution in [0.5, 0.6) is 0 Å². The lowest BCUT2D eigenvalue weighted by atomic mass is 10.3. The van der Waals surface area contributed by atoms with Gasteiger partial charge in [0.1, 0.15) is 11.3 Å². The standard InChI is InChI=1S/C14H13ClF2N4/c15-4-3-12-19-11-2-1-10(16)13(17)14(11)21(12)8-7-20-6-5-18-9-20/h1-2,5-6,9H,3-4,7-8H2. The van der Waals surface area contributed by atoms with Crippen molar-refractivity contribution < 1.29 is 8.78 Å². The second kappa shape index (κ2) is 5.81. The minimum absolute atomic E-state index is 0.190. The van der Waals surface area contributed by atoms with E-state index in [0.717, 1.165) is 6.07 Å². The first-order valence-corrected chi connectivity index (χ1v) is 7.09. The Hall–Kier alpha value is -1.95. The highest BCUT2D eigenvalue weighted by molar-refractivity contribution is 6.17. The molecule has 0 unspecified atom stereocenters. The number of hydrogen-bond donors (Lipinski definition) is 0. The Bertz CT molecular complexity index is 752. The maximum atomic E-state index is 14.1. The zero-order valence-electron chi connectivity index (χ0n) is 11.1. The summed E-state index contributed by atoms with van der Waals surface area (Å²) >= 11 is 5.77. The Kier molecular flexibility index (Phi) is 3.88. The van der Waals surface area contributed by atoms with Crippen LogP contribution < -0.4 is 0 Å². The van der Waals surface area contributed by atoms with Crippen LogP contribution in [-0.2, 0) is 19.5 Å². The molecule has 0 aliphatic heterocycles. The number of aromatic nitrogens is 4. The van der Waals surface area contributed by atoms with Crippen molar-refractivity contribution >= 4 is 22.6 Å². The van der Waals surface area contributed by atoms with E-state index in [1.165, 1.54) is 6.07 Å². The quantitative estimate of drug-likeness (QED) is 0.679. The number of rotatable bonds is 5. The van der Waals surface area contributed by atoms with E-state index in [9.17, 15) is 8.78 Å². The van der Waals surface area contributed by atoms with Crippen molar-refractivity contribution in [3.8, 4) is 0 Å². The molecule has 21 heavy (non-hydrogen) atoms. The summed E-state index contributed by atoms with van der Waals surface area (Å²) in [6, 6.07) is 2.58. The summed E-state index contributed by atoms with van der Waals surface area (Å²) in [5, 5.41) is 0. The van der Waals surface area contributed by atoms with Gasteiger partial charge in [-0.3, -0.25) is 0 Å².